The van der Waals surface area contributed by atoms with Crippen LogP contribution in [0.1, 0.15) is 46.5 Å². The van der Waals surface area contributed by atoms with E-state index < -0.39 is 0 Å². The van der Waals surface area contributed by atoms with Crippen LogP contribution in [-0.4, -0.2) is 5.78 Å². The van der Waals surface area contributed by atoms with Crippen LogP contribution in [0.3, 0.4) is 0 Å². The van der Waals surface area contributed by atoms with Crippen molar-refractivity contribution in [3.05, 3.63) is 11.6 Å². The van der Waals surface area contributed by atoms with Crippen molar-refractivity contribution in [2.24, 2.45) is 5.41 Å². The molecule has 1 aliphatic rings. The fourth-order valence-corrected chi connectivity index (χ4v) is 1.28. The summed E-state index contributed by atoms with van der Waals surface area (Å²) >= 11 is 0. The number of ketones is 1. The van der Waals surface area contributed by atoms with Gasteiger partial charge in [-0.2, -0.15) is 0 Å². The van der Waals surface area contributed by atoms with E-state index in [9.17, 15) is 4.79 Å². The van der Waals surface area contributed by atoms with Gasteiger partial charge in [0.2, 0.25) is 5.78 Å². The van der Waals surface area contributed by atoms with Crippen molar-refractivity contribution < 1.29 is 4.79 Å². The molecule has 0 saturated heterocycles. The van der Waals surface area contributed by atoms with E-state index in [2.05, 4.69) is 17.9 Å². The van der Waals surface area contributed by atoms with Crippen molar-refractivity contribution in [3.63, 3.8) is 0 Å². The van der Waals surface area contributed by atoms with Crippen molar-refractivity contribution in [1.82, 2.24) is 0 Å². The molecule has 0 unspecified atom stereocenters. The lowest BCUT2D eigenvalue weighted by Gasteiger charge is -2.11. The molecule has 0 heterocycles. The van der Waals surface area contributed by atoms with Gasteiger partial charge in [-0.1, -0.05) is 32.8 Å². The minimum atomic E-state index is -0.331. The lowest BCUT2D eigenvalue weighted by atomic mass is 9.91. The second kappa shape index (κ2) is 4.46. The van der Waals surface area contributed by atoms with Crippen LogP contribution >= 0.6 is 0 Å². The third kappa shape index (κ3) is 3.38. The van der Waals surface area contributed by atoms with Gasteiger partial charge in [-0.3, -0.25) is 4.79 Å². The highest BCUT2D eigenvalue weighted by molar-refractivity contribution is 5.99. The minimum absolute atomic E-state index is 0.0315. The number of rotatable bonds is 0. The quantitative estimate of drug-likeness (QED) is 0.424. The van der Waals surface area contributed by atoms with Crippen LogP contribution in [0.15, 0.2) is 11.6 Å². The first-order chi connectivity index (χ1) is 6.50. The van der Waals surface area contributed by atoms with Crippen LogP contribution in [0.5, 0.6) is 0 Å². The largest absolute Gasteiger partial charge is 0.284 e. The molecular formula is C13H18O. The Kier molecular flexibility index (Phi) is 3.52. The van der Waals surface area contributed by atoms with E-state index in [1.54, 1.807) is 0 Å². The average Bonchev–Trinajstić information content (AvgIpc) is 2.14. The lowest BCUT2D eigenvalue weighted by Crippen LogP contribution is -2.17. The van der Waals surface area contributed by atoms with Gasteiger partial charge in [-0.05, 0) is 37.2 Å². The molecule has 76 valence electrons. The Morgan fingerprint density at radius 1 is 1.36 bits per heavy atom. The summed E-state index contributed by atoms with van der Waals surface area (Å²) in [6.45, 7) is 5.71. The smallest absolute Gasteiger partial charge is 0.211 e. The number of hydrogen-bond acceptors (Lipinski definition) is 1. The zero-order valence-electron chi connectivity index (χ0n) is 9.31. The second-order valence-corrected chi connectivity index (χ2v) is 4.80. The molecule has 14 heavy (non-hydrogen) atoms. The Morgan fingerprint density at radius 2 is 2.07 bits per heavy atom. The zero-order chi connectivity index (χ0) is 10.6. The Labute approximate surface area is 86.6 Å². The van der Waals surface area contributed by atoms with Crippen LogP contribution in [-0.2, 0) is 4.79 Å². The van der Waals surface area contributed by atoms with Crippen LogP contribution < -0.4 is 0 Å². The third-order valence-corrected chi connectivity index (χ3v) is 2.31. The summed E-state index contributed by atoms with van der Waals surface area (Å²) in [6, 6.07) is 0. The molecule has 0 aromatic rings. The van der Waals surface area contributed by atoms with Gasteiger partial charge in [-0.15, -0.1) is 0 Å². The summed E-state index contributed by atoms with van der Waals surface area (Å²) < 4.78 is 0. The summed E-state index contributed by atoms with van der Waals surface area (Å²) in [6.07, 6.45) is 6.80. The SMILES string of the molecule is CC(C)(C)C(=O)C#CC1=CCCCC1. The predicted molar refractivity (Wildman–Crippen MR) is 58.8 cm³/mol. The van der Waals surface area contributed by atoms with Crippen molar-refractivity contribution in [2.45, 2.75) is 46.5 Å². The molecule has 0 fully saturated rings. The van der Waals surface area contributed by atoms with Gasteiger partial charge in [0.05, 0.1) is 0 Å². The first-order valence-electron chi connectivity index (χ1n) is 5.25. The van der Waals surface area contributed by atoms with Gasteiger partial charge in [0.1, 0.15) is 0 Å². The van der Waals surface area contributed by atoms with Crippen LogP contribution in [0, 0.1) is 17.3 Å². The Morgan fingerprint density at radius 3 is 2.57 bits per heavy atom. The van der Waals surface area contributed by atoms with Crippen LogP contribution in [0.4, 0.5) is 0 Å². The van der Waals surface area contributed by atoms with Gasteiger partial charge in [0.15, 0.2) is 0 Å². The molecule has 0 bridgehead atoms. The fraction of sp³-hybridized carbons (Fsp3) is 0.615. The average molecular weight is 190 g/mol. The van der Waals surface area contributed by atoms with Crippen molar-refractivity contribution >= 4 is 5.78 Å². The Hall–Kier alpha value is -1.03. The topological polar surface area (TPSA) is 17.1 Å². The molecular weight excluding hydrogens is 172 g/mol. The van der Waals surface area contributed by atoms with E-state index in [1.807, 2.05) is 20.8 Å². The molecule has 0 aliphatic heterocycles. The molecule has 0 spiro atoms. The van der Waals surface area contributed by atoms with E-state index in [0.717, 1.165) is 18.4 Å². The molecule has 0 N–H and O–H groups in total. The molecule has 0 atom stereocenters. The van der Waals surface area contributed by atoms with Gasteiger partial charge < -0.3 is 0 Å². The monoisotopic (exact) mass is 190 g/mol. The highest BCUT2D eigenvalue weighted by Crippen LogP contribution is 2.17. The summed E-state index contributed by atoms with van der Waals surface area (Å²) in [5.41, 5.74) is 0.816. The number of allylic oxidation sites excluding steroid dienone is 2. The van der Waals surface area contributed by atoms with E-state index in [1.165, 1.54) is 12.8 Å². The first-order valence-corrected chi connectivity index (χ1v) is 5.25. The molecule has 1 heteroatoms. The molecule has 0 saturated carbocycles. The molecule has 0 aromatic carbocycles. The van der Waals surface area contributed by atoms with Gasteiger partial charge in [0, 0.05) is 5.41 Å². The molecule has 0 radical (unpaired) electrons. The number of Topliss-reactive ketones (excluding diaryl/α,β-unsaturated/α-hetero) is 1. The molecule has 0 aromatic heterocycles. The van der Waals surface area contributed by atoms with Gasteiger partial charge in [0.25, 0.3) is 0 Å². The summed E-state index contributed by atoms with van der Waals surface area (Å²) in [7, 11) is 0. The van der Waals surface area contributed by atoms with Crippen molar-refractivity contribution in [3.8, 4) is 11.8 Å². The maximum absolute atomic E-state index is 11.5. The summed E-state index contributed by atoms with van der Waals surface area (Å²) in [5, 5.41) is 0. The van der Waals surface area contributed by atoms with Crippen LogP contribution in [0.2, 0.25) is 0 Å². The normalized spacial score (nSPS) is 16.6. The third-order valence-electron chi connectivity index (χ3n) is 2.31. The predicted octanol–water partition coefficient (Wildman–Crippen LogP) is 3.11. The number of carbonyl (C=O) groups excluding carboxylic acids is 1. The maximum atomic E-state index is 11.5. The highest BCUT2D eigenvalue weighted by atomic mass is 16.1. The second-order valence-electron chi connectivity index (χ2n) is 4.80. The van der Waals surface area contributed by atoms with E-state index in [4.69, 9.17) is 0 Å². The molecule has 1 rings (SSSR count). The lowest BCUT2D eigenvalue weighted by molar-refractivity contribution is -0.120. The standard InChI is InChI=1S/C13H18O/c1-13(2,3)12(14)10-9-11-7-5-4-6-8-11/h7H,4-6,8H2,1-3H3. The highest BCUT2D eigenvalue weighted by Gasteiger charge is 2.18. The minimum Gasteiger partial charge on any atom is -0.284 e. The summed E-state index contributed by atoms with van der Waals surface area (Å²) in [4.78, 5) is 11.5. The molecule has 0 amide bonds. The summed E-state index contributed by atoms with van der Waals surface area (Å²) in [5.74, 6) is 5.76. The Bertz CT molecular complexity index is 304. The van der Waals surface area contributed by atoms with Crippen molar-refractivity contribution in [2.75, 3.05) is 0 Å². The number of hydrogen-bond donors (Lipinski definition) is 0. The Balaban J connectivity index is 2.63. The van der Waals surface area contributed by atoms with Gasteiger partial charge in [-0.25, -0.2) is 0 Å². The van der Waals surface area contributed by atoms with E-state index in [-0.39, 0.29) is 11.2 Å². The van der Waals surface area contributed by atoms with E-state index in [0.29, 0.717) is 0 Å². The number of carbonyl (C=O) groups is 1. The van der Waals surface area contributed by atoms with Gasteiger partial charge >= 0.3 is 0 Å². The zero-order valence-corrected chi connectivity index (χ0v) is 9.31. The molecule has 1 nitrogen and oxygen atoms in total. The maximum Gasteiger partial charge on any atom is 0.211 e. The first kappa shape index (κ1) is 11.0. The van der Waals surface area contributed by atoms with Crippen LogP contribution in [0.25, 0.3) is 0 Å². The van der Waals surface area contributed by atoms with E-state index >= 15 is 0 Å². The van der Waals surface area contributed by atoms with Crippen molar-refractivity contribution in [1.29, 1.82) is 0 Å². The molecule has 1 aliphatic carbocycles. The fourth-order valence-electron chi connectivity index (χ4n) is 1.28.